The van der Waals surface area contributed by atoms with Crippen LogP contribution in [0, 0.1) is 6.92 Å². The molecule has 0 atom stereocenters. The number of nitrogens with zero attached hydrogens (tertiary/aromatic N) is 3. The van der Waals surface area contributed by atoms with E-state index in [0.717, 1.165) is 16.9 Å². The van der Waals surface area contributed by atoms with Gasteiger partial charge in [0.1, 0.15) is 0 Å². The first-order valence-electron chi connectivity index (χ1n) is 8.21. The molecule has 0 saturated heterocycles. The highest BCUT2D eigenvalue weighted by Gasteiger charge is 2.20. The number of aromatic nitrogens is 2. The average Bonchev–Trinajstić information content (AvgIpc) is 3.16. The van der Waals surface area contributed by atoms with Gasteiger partial charge in [0.05, 0.1) is 11.2 Å². The third kappa shape index (κ3) is 4.01. The Morgan fingerprint density at radius 1 is 1.11 bits per heavy atom. The van der Waals surface area contributed by atoms with Gasteiger partial charge in [-0.1, -0.05) is 6.07 Å². The Balaban J connectivity index is 1.81. The number of sulfonamides is 1. The molecule has 8 heteroatoms. The second-order valence-corrected chi connectivity index (χ2v) is 7.98. The van der Waals surface area contributed by atoms with Gasteiger partial charge < -0.3 is 9.47 Å². The molecule has 3 rings (SSSR count). The van der Waals surface area contributed by atoms with Crippen molar-refractivity contribution in [2.75, 3.05) is 19.0 Å². The topological polar surface area (TPSA) is 84.3 Å². The number of imidazole rings is 1. The van der Waals surface area contributed by atoms with Gasteiger partial charge in [0, 0.05) is 43.4 Å². The molecule has 0 aliphatic carbocycles. The first-order valence-corrected chi connectivity index (χ1v) is 9.70. The van der Waals surface area contributed by atoms with Crippen LogP contribution in [0.3, 0.4) is 0 Å². The molecule has 1 amide bonds. The highest BCUT2D eigenvalue weighted by atomic mass is 32.2. The highest BCUT2D eigenvalue weighted by Crippen LogP contribution is 2.22. The predicted molar refractivity (Wildman–Crippen MR) is 104 cm³/mol. The molecule has 2 aromatic carbocycles. The van der Waals surface area contributed by atoms with Crippen LogP contribution in [0.2, 0.25) is 0 Å². The summed E-state index contributed by atoms with van der Waals surface area (Å²) in [6.07, 6.45) is 5.06. The second-order valence-electron chi connectivity index (χ2n) is 6.29. The summed E-state index contributed by atoms with van der Waals surface area (Å²) in [6, 6.07) is 11.3. The van der Waals surface area contributed by atoms with E-state index < -0.39 is 15.9 Å². The van der Waals surface area contributed by atoms with Crippen molar-refractivity contribution in [1.29, 1.82) is 0 Å². The predicted octanol–water partition coefficient (Wildman–Crippen LogP) is 2.37. The van der Waals surface area contributed by atoms with E-state index in [9.17, 15) is 13.2 Å². The summed E-state index contributed by atoms with van der Waals surface area (Å²) in [5, 5.41) is 0. The minimum Gasteiger partial charge on any atom is -0.377 e. The van der Waals surface area contributed by atoms with Crippen LogP contribution in [0.1, 0.15) is 15.9 Å². The molecule has 140 valence electrons. The standard InChI is InChI=1S/C19H20N4O3S/c1-14-4-9-17(12-18(14)22(2)3)27(25,26)21-19(24)15-5-7-16(8-6-15)23-11-10-20-13-23/h4-13H,1-3H3,(H,21,24). The van der Waals surface area contributed by atoms with E-state index in [1.54, 1.807) is 59.7 Å². The number of rotatable bonds is 5. The average molecular weight is 384 g/mol. The van der Waals surface area contributed by atoms with Crippen LogP contribution in [0.5, 0.6) is 0 Å². The molecule has 7 nitrogen and oxygen atoms in total. The maximum atomic E-state index is 12.6. The van der Waals surface area contributed by atoms with Crippen LogP contribution in [0.25, 0.3) is 5.69 Å². The fraction of sp³-hybridized carbons (Fsp3) is 0.158. The first-order chi connectivity index (χ1) is 12.8. The Kier molecular flexibility index (Phi) is 5.00. The molecular weight excluding hydrogens is 364 g/mol. The van der Waals surface area contributed by atoms with E-state index in [1.807, 2.05) is 25.9 Å². The smallest absolute Gasteiger partial charge is 0.264 e. The van der Waals surface area contributed by atoms with Gasteiger partial charge in [0.25, 0.3) is 15.9 Å². The van der Waals surface area contributed by atoms with Crippen molar-refractivity contribution in [2.45, 2.75) is 11.8 Å². The van der Waals surface area contributed by atoms with Crippen LogP contribution in [0.15, 0.2) is 66.1 Å². The largest absolute Gasteiger partial charge is 0.377 e. The van der Waals surface area contributed by atoms with Crippen molar-refractivity contribution >= 4 is 21.6 Å². The van der Waals surface area contributed by atoms with E-state index in [2.05, 4.69) is 9.71 Å². The molecule has 3 aromatic rings. The van der Waals surface area contributed by atoms with Gasteiger partial charge in [0.2, 0.25) is 0 Å². The summed E-state index contributed by atoms with van der Waals surface area (Å²) in [4.78, 5) is 18.2. The number of benzene rings is 2. The number of aryl methyl sites for hydroxylation is 1. The lowest BCUT2D eigenvalue weighted by Gasteiger charge is -2.17. The Morgan fingerprint density at radius 2 is 1.81 bits per heavy atom. The molecule has 0 saturated carbocycles. The monoisotopic (exact) mass is 384 g/mol. The Hall–Kier alpha value is -3.13. The van der Waals surface area contributed by atoms with Gasteiger partial charge in [-0.05, 0) is 48.9 Å². The maximum Gasteiger partial charge on any atom is 0.264 e. The van der Waals surface area contributed by atoms with Gasteiger partial charge in [-0.15, -0.1) is 0 Å². The van der Waals surface area contributed by atoms with Crippen molar-refractivity contribution in [1.82, 2.24) is 14.3 Å². The number of anilines is 1. The van der Waals surface area contributed by atoms with E-state index in [-0.39, 0.29) is 10.5 Å². The Bertz CT molecular complexity index is 1060. The van der Waals surface area contributed by atoms with Crippen LogP contribution >= 0.6 is 0 Å². The fourth-order valence-corrected chi connectivity index (χ4v) is 3.67. The quantitative estimate of drug-likeness (QED) is 0.730. The van der Waals surface area contributed by atoms with E-state index >= 15 is 0 Å². The molecular formula is C19H20N4O3S. The fourth-order valence-electron chi connectivity index (χ4n) is 2.67. The number of nitrogens with one attached hydrogen (secondary N) is 1. The molecule has 0 unspecified atom stereocenters. The number of hydrogen-bond donors (Lipinski definition) is 1. The minimum atomic E-state index is -3.98. The zero-order chi connectivity index (χ0) is 19.6. The molecule has 0 fully saturated rings. The lowest BCUT2D eigenvalue weighted by atomic mass is 10.2. The molecule has 0 radical (unpaired) electrons. The molecule has 0 spiro atoms. The Labute approximate surface area is 158 Å². The maximum absolute atomic E-state index is 12.6. The summed E-state index contributed by atoms with van der Waals surface area (Å²) >= 11 is 0. The summed E-state index contributed by atoms with van der Waals surface area (Å²) in [5.74, 6) is -0.681. The minimum absolute atomic E-state index is 0.0418. The van der Waals surface area contributed by atoms with Crippen molar-refractivity contribution in [3.05, 3.63) is 72.3 Å². The zero-order valence-corrected chi connectivity index (χ0v) is 16.1. The van der Waals surface area contributed by atoms with Crippen molar-refractivity contribution in [3.63, 3.8) is 0 Å². The molecule has 0 aliphatic heterocycles. The molecule has 1 heterocycles. The number of carbonyl (C=O) groups excluding carboxylic acids is 1. The third-order valence-corrected chi connectivity index (χ3v) is 5.46. The Morgan fingerprint density at radius 3 is 2.41 bits per heavy atom. The summed E-state index contributed by atoms with van der Waals surface area (Å²) in [7, 11) is -0.310. The van der Waals surface area contributed by atoms with E-state index in [4.69, 9.17) is 0 Å². The summed E-state index contributed by atoms with van der Waals surface area (Å²) < 4.78 is 29.1. The summed E-state index contributed by atoms with van der Waals surface area (Å²) in [6.45, 7) is 1.89. The van der Waals surface area contributed by atoms with Gasteiger partial charge in [0.15, 0.2) is 0 Å². The second kappa shape index (κ2) is 7.24. The van der Waals surface area contributed by atoms with Crippen LogP contribution in [-0.4, -0.2) is 38.0 Å². The van der Waals surface area contributed by atoms with Crippen molar-refractivity contribution in [2.24, 2.45) is 0 Å². The van der Waals surface area contributed by atoms with Crippen LogP contribution in [0.4, 0.5) is 5.69 Å². The SMILES string of the molecule is Cc1ccc(S(=O)(=O)NC(=O)c2ccc(-n3ccnc3)cc2)cc1N(C)C. The lowest BCUT2D eigenvalue weighted by molar-refractivity contribution is 0.0981. The van der Waals surface area contributed by atoms with Gasteiger partial charge in [-0.3, -0.25) is 4.79 Å². The molecule has 1 aromatic heterocycles. The van der Waals surface area contributed by atoms with Crippen LogP contribution in [-0.2, 0) is 10.0 Å². The third-order valence-electron chi connectivity index (χ3n) is 4.13. The van der Waals surface area contributed by atoms with Gasteiger partial charge >= 0.3 is 0 Å². The molecule has 0 aliphatic rings. The van der Waals surface area contributed by atoms with Gasteiger partial charge in [-0.25, -0.2) is 18.1 Å². The summed E-state index contributed by atoms with van der Waals surface area (Å²) in [5.41, 5.74) is 2.79. The van der Waals surface area contributed by atoms with Crippen LogP contribution < -0.4 is 9.62 Å². The van der Waals surface area contributed by atoms with Crippen molar-refractivity contribution < 1.29 is 13.2 Å². The van der Waals surface area contributed by atoms with Crippen molar-refractivity contribution in [3.8, 4) is 5.69 Å². The molecule has 0 bridgehead atoms. The number of amides is 1. The zero-order valence-electron chi connectivity index (χ0n) is 15.2. The number of carbonyl (C=O) groups is 1. The molecule has 1 N–H and O–H groups in total. The van der Waals surface area contributed by atoms with E-state index in [1.165, 1.54) is 6.07 Å². The normalized spacial score (nSPS) is 11.2. The van der Waals surface area contributed by atoms with E-state index in [0.29, 0.717) is 0 Å². The highest BCUT2D eigenvalue weighted by molar-refractivity contribution is 7.90. The first kappa shape index (κ1) is 18.7. The van der Waals surface area contributed by atoms with Gasteiger partial charge in [-0.2, -0.15) is 0 Å². The number of hydrogen-bond acceptors (Lipinski definition) is 5. The lowest BCUT2D eigenvalue weighted by Crippen LogP contribution is -2.30. The molecule has 27 heavy (non-hydrogen) atoms.